The highest BCUT2D eigenvalue weighted by Crippen LogP contribution is 2.32. The van der Waals surface area contributed by atoms with Crippen LogP contribution in [0.3, 0.4) is 0 Å². The minimum atomic E-state index is 0.392. The Kier molecular flexibility index (Phi) is 3.00. The molecule has 0 aromatic heterocycles. The summed E-state index contributed by atoms with van der Waals surface area (Å²) in [5, 5.41) is 3.44. The Hall–Kier alpha value is -1.12. The molecular formula is C15H19NO. The Bertz CT molecular complexity index is 450. The molecule has 2 nitrogen and oxygen atoms in total. The Morgan fingerprint density at radius 1 is 1.24 bits per heavy atom. The molecule has 17 heavy (non-hydrogen) atoms. The van der Waals surface area contributed by atoms with E-state index in [1.807, 2.05) is 7.05 Å². The van der Waals surface area contributed by atoms with Gasteiger partial charge in [-0.3, -0.25) is 0 Å². The number of fused-ring (bicyclic) bond motifs is 1. The first-order valence-corrected chi connectivity index (χ1v) is 6.44. The van der Waals surface area contributed by atoms with Gasteiger partial charge < -0.3 is 10.1 Å². The highest BCUT2D eigenvalue weighted by molar-refractivity contribution is 5.38. The van der Waals surface area contributed by atoms with Crippen LogP contribution in [0, 0.1) is 0 Å². The van der Waals surface area contributed by atoms with E-state index in [9.17, 15) is 0 Å². The topological polar surface area (TPSA) is 21.3 Å². The van der Waals surface area contributed by atoms with E-state index in [1.54, 1.807) is 5.57 Å². The van der Waals surface area contributed by atoms with Crippen LogP contribution < -0.4 is 5.32 Å². The van der Waals surface area contributed by atoms with Gasteiger partial charge in [0.1, 0.15) is 0 Å². The molecule has 1 aliphatic heterocycles. The van der Waals surface area contributed by atoms with Crippen LogP contribution in [-0.4, -0.2) is 7.05 Å². The van der Waals surface area contributed by atoms with E-state index in [-0.39, 0.29) is 0 Å². The van der Waals surface area contributed by atoms with Crippen molar-refractivity contribution in [3.8, 4) is 0 Å². The molecule has 1 N–H and O–H groups in total. The number of nitrogens with one attached hydrogen (secondary N) is 1. The fourth-order valence-electron chi connectivity index (χ4n) is 2.90. The van der Waals surface area contributed by atoms with Crippen LogP contribution in [0.1, 0.15) is 42.0 Å². The van der Waals surface area contributed by atoms with E-state index >= 15 is 0 Å². The van der Waals surface area contributed by atoms with Gasteiger partial charge in [-0.2, -0.15) is 0 Å². The maximum Gasteiger partial charge on any atom is 0.0725 e. The molecular weight excluding hydrogens is 210 g/mol. The third-order valence-electron chi connectivity index (χ3n) is 3.81. The minimum Gasteiger partial charge on any atom is -0.372 e. The monoisotopic (exact) mass is 229 g/mol. The highest BCUT2D eigenvalue weighted by atomic mass is 16.5. The normalized spacial score (nSPS) is 20.2. The second-order valence-electron chi connectivity index (χ2n) is 4.91. The number of hydrogen-bond acceptors (Lipinski definition) is 2. The third-order valence-corrected chi connectivity index (χ3v) is 3.81. The van der Waals surface area contributed by atoms with Gasteiger partial charge in [0.2, 0.25) is 0 Å². The minimum absolute atomic E-state index is 0.392. The largest absolute Gasteiger partial charge is 0.372 e. The van der Waals surface area contributed by atoms with E-state index in [1.165, 1.54) is 36.0 Å². The molecule has 1 aromatic carbocycles. The van der Waals surface area contributed by atoms with E-state index in [0.29, 0.717) is 6.04 Å². The molecule has 0 amide bonds. The maximum atomic E-state index is 5.47. The van der Waals surface area contributed by atoms with Gasteiger partial charge in [0, 0.05) is 0 Å². The van der Waals surface area contributed by atoms with Gasteiger partial charge in [-0.25, -0.2) is 0 Å². The predicted molar refractivity (Wildman–Crippen MR) is 68.7 cm³/mol. The molecule has 90 valence electrons. The van der Waals surface area contributed by atoms with Crippen LogP contribution in [0.25, 0.3) is 0 Å². The number of allylic oxidation sites excluding steroid dienone is 1. The van der Waals surface area contributed by atoms with E-state index in [2.05, 4.69) is 29.6 Å². The summed E-state index contributed by atoms with van der Waals surface area (Å²) in [6, 6.07) is 7.16. The Balaban J connectivity index is 1.91. The summed E-state index contributed by atoms with van der Waals surface area (Å²) in [4.78, 5) is 0. The highest BCUT2D eigenvalue weighted by Gasteiger charge is 2.19. The van der Waals surface area contributed by atoms with Gasteiger partial charge in [0.25, 0.3) is 0 Å². The van der Waals surface area contributed by atoms with E-state index in [0.717, 1.165) is 13.2 Å². The summed E-state index contributed by atoms with van der Waals surface area (Å²) in [5.41, 5.74) is 5.64. The average Bonchev–Trinajstić information content (AvgIpc) is 2.99. The zero-order chi connectivity index (χ0) is 11.7. The lowest BCUT2D eigenvalue weighted by Gasteiger charge is -2.19. The van der Waals surface area contributed by atoms with Gasteiger partial charge in [0.15, 0.2) is 0 Å². The van der Waals surface area contributed by atoms with Crippen LogP contribution in [-0.2, 0) is 18.0 Å². The molecule has 0 saturated heterocycles. The predicted octanol–water partition coefficient (Wildman–Crippen LogP) is 3.09. The molecule has 1 aromatic rings. The van der Waals surface area contributed by atoms with Crippen LogP contribution in [0.5, 0.6) is 0 Å². The van der Waals surface area contributed by atoms with Crippen LogP contribution >= 0.6 is 0 Å². The molecule has 0 bridgehead atoms. The lowest BCUT2D eigenvalue weighted by atomic mass is 9.95. The van der Waals surface area contributed by atoms with Crippen molar-refractivity contribution in [2.24, 2.45) is 0 Å². The lowest BCUT2D eigenvalue weighted by molar-refractivity contribution is 0.134. The number of hydrogen-bond donors (Lipinski definition) is 1. The van der Waals surface area contributed by atoms with Crippen LogP contribution in [0.15, 0.2) is 29.8 Å². The first-order chi connectivity index (χ1) is 8.38. The summed E-state index contributed by atoms with van der Waals surface area (Å²) in [7, 11) is 2.05. The molecule has 1 unspecified atom stereocenters. The second-order valence-corrected chi connectivity index (χ2v) is 4.91. The molecule has 2 heteroatoms. The van der Waals surface area contributed by atoms with Crippen molar-refractivity contribution < 1.29 is 4.74 Å². The lowest BCUT2D eigenvalue weighted by Crippen LogP contribution is -2.18. The number of likely N-dealkylation sites (N-methyl/N-ethyl adjacent to an activating group) is 1. The average molecular weight is 229 g/mol. The van der Waals surface area contributed by atoms with Crippen molar-refractivity contribution in [3.05, 3.63) is 46.5 Å². The van der Waals surface area contributed by atoms with E-state index in [4.69, 9.17) is 4.74 Å². The maximum absolute atomic E-state index is 5.47. The quantitative estimate of drug-likeness (QED) is 0.804. The molecule has 2 aliphatic rings. The smallest absolute Gasteiger partial charge is 0.0725 e. The fraction of sp³-hybridized carbons (Fsp3) is 0.467. The Morgan fingerprint density at radius 3 is 2.88 bits per heavy atom. The standard InChI is InChI=1S/C15H19NO/c1-16-15(11-4-2-3-5-11)12-6-7-13-9-17-10-14(13)8-12/h4,6-8,15-16H,2-3,5,9-10H2,1H3. The number of rotatable bonds is 3. The van der Waals surface area contributed by atoms with Crippen LogP contribution in [0.4, 0.5) is 0 Å². The summed E-state index contributed by atoms with van der Waals surface area (Å²) in [6.07, 6.45) is 6.17. The van der Waals surface area contributed by atoms with Gasteiger partial charge >= 0.3 is 0 Å². The summed E-state index contributed by atoms with van der Waals surface area (Å²) in [5.74, 6) is 0. The Labute approximate surface area is 103 Å². The zero-order valence-corrected chi connectivity index (χ0v) is 10.3. The number of ether oxygens (including phenoxy) is 1. The zero-order valence-electron chi connectivity index (χ0n) is 10.3. The first kappa shape index (κ1) is 11.0. The van der Waals surface area contributed by atoms with Gasteiger partial charge in [0.05, 0.1) is 19.3 Å². The van der Waals surface area contributed by atoms with Crippen molar-refractivity contribution in [1.82, 2.24) is 5.32 Å². The van der Waals surface area contributed by atoms with Crippen LogP contribution in [0.2, 0.25) is 0 Å². The molecule has 0 spiro atoms. The summed E-state index contributed by atoms with van der Waals surface area (Å²) in [6.45, 7) is 1.56. The van der Waals surface area contributed by atoms with Crippen molar-refractivity contribution >= 4 is 0 Å². The fourth-order valence-corrected chi connectivity index (χ4v) is 2.90. The molecule has 0 radical (unpaired) electrons. The molecule has 3 rings (SSSR count). The summed E-state index contributed by atoms with van der Waals surface area (Å²) < 4.78 is 5.47. The first-order valence-electron chi connectivity index (χ1n) is 6.44. The molecule has 0 fully saturated rings. The van der Waals surface area contributed by atoms with Crippen molar-refractivity contribution in [2.45, 2.75) is 38.5 Å². The van der Waals surface area contributed by atoms with Crippen molar-refractivity contribution in [2.75, 3.05) is 7.05 Å². The second kappa shape index (κ2) is 4.63. The molecule has 0 saturated carbocycles. The van der Waals surface area contributed by atoms with Gasteiger partial charge in [-0.05, 0) is 43.0 Å². The Morgan fingerprint density at radius 2 is 2.12 bits per heavy atom. The third kappa shape index (κ3) is 2.03. The molecule has 1 heterocycles. The number of benzene rings is 1. The van der Waals surface area contributed by atoms with Crippen molar-refractivity contribution in [3.63, 3.8) is 0 Å². The summed E-state index contributed by atoms with van der Waals surface area (Å²) >= 11 is 0. The molecule has 1 aliphatic carbocycles. The van der Waals surface area contributed by atoms with Gasteiger partial charge in [-0.1, -0.05) is 29.8 Å². The van der Waals surface area contributed by atoms with Crippen molar-refractivity contribution in [1.29, 1.82) is 0 Å². The SMILES string of the molecule is CNC(C1=CCCC1)c1ccc2c(c1)COC2. The molecule has 1 atom stereocenters. The van der Waals surface area contributed by atoms with Gasteiger partial charge in [-0.15, -0.1) is 0 Å². The van der Waals surface area contributed by atoms with E-state index < -0.39 is 0 Å².